The fraction of sp³-hybridized carbons (Fsp3) is 0.435. The number of carboxylic acids is 1. The van der Waals surface area contributed by atoms with Crippen LogP contribution in [0.4, 0.5) is 14.5 Å². The summed E-state index contributed by atoms with van der Waals surface area (Å²) in [6.07, 6.45) is 2.51. The zero-order chi connectivity index (χ0) is 23.5. The zero-order valence-corrected chi connectivity index (χ0v) is 18.0. The van der Waals surface area contributed by atoms with Crippen molar-refractivity contribution in [3.8, 4) is 11.1 Å². The van der Waals surface area contributed by atoms with E-state index in [-0.39, 0.29) is 35.8 Å². The molecule has 1 fully saturated rings. The first-order chi connectivity index (χ1) is 15.1. The van der Waals surface area contributed by atoms with Crippen LogP contribution in [0.2, 0.25) is 6.32 Å². The Morgan fingerprint density at radius 1 is 1.12 bits per heavy atom. The lowest BCUT2D eigenvalue weighted by Gasteiger charge is -2.48. The van der Waals surface area contributed by atoms with Crippen LogP contribution in [0.25, 0.3) is 11.1 Å². The van der Waals surface area contributed by atoms with Crippen molar-refractivity contribution >= 4 is 18.8 Å². The zero-order valence-electron chi connectivity index (χ0n) is 18.0. The number of aliphatic carboxylic acids is 1. The van der Waals surface area contributed by atoms with Crippen molar-refractivity contribution in [2.24, 2.45) is 11.7 Å². The minimum atomic E-state index is -1.40. The molecule has 0 unspecified atom stereocenters. The van der Waals surface area contributed by atoms with Crippen LogP contribution in [0.15, 0.2) is 42.5 Å². The highest BCUT2D eigenvalue weighted by molar-refractivity contribution is 6.40. The van der Waals surface area contributed by atoms with Crippen LogP contribution < -0.4 is 10.6 Å². The van der Waals surface area contributed by atoms with Crippen molar-refractivity contribution in [1.29, 1.82) is 0 Å². The second-order valence-corrected chi connectivity index (χ2v) is 8.65. The van der Waals surface area contributed by atoms with Crippen molar-refractivity contribution in [3.63, 3.8) is 0 Å². The first-order valence-electron chi connectivity index (χ1n) is 10.8. The van der Waals surface area contributed by atoms with Gasteiger partial charge in [0.2, 0.25) is 0 Å². The van der Waals surface area contributed by atoms with Crippen molar-refractivity contribution < 1.29 is 28.7 Å². The summed E-state index contributed by atoms with van der Waals surface area (Å²) in [5.41, 5.74) is 5.88. The molecule has 32 heavy (non-hydrogen) atoms. The average Bonchev–Trinajstić information content (AvgIpc) is 2.70. The number of carboxylic acid groups (broad SMARTS) is 1. The molecule has 0 heterocycles. The number of benzene rings is 2. The molecule has 0 saturated heterocycles. The van der Waals surface area contributed by atoms with Crippen LogP contribution in [-0.4, -0.2) is 46.9 Å². The lowest BCUT2D eigenvalue weighted by molar-refractivity contribution is -0.147. The second-order valence-electron chi connectivity index (χ2n) is 8.65. The molecule has 5 N–H and O–H groups in total. The van der Waals surface area contributed by atoms with E-state index in [1.165, 1.54) is 18.2 Å². The number of nitrogens with two attached hydrogens (primary N) is 1. The van der Waals surface area contributed by atoms with Crippen molar-refractivity contribution in [1.82, 2.24) is 0 Å². The fourth-order valence-corrected chi connectivity index (χ4v) is 4.39. The molecule has 0 aromatic heterocycles. The van der Waals surface area contributed by atoms with Crippen LogP contribution in [0.1, 0.15) is 32.1 Å². The fourth-order valence-electron chi connectivity index (χ4n) is 4.39. The smallest absolute Gasteiger partial charge is 0.451 e. The number of carbonyl (C=O) groups is 1. The standard InChI is InChI=1S/C23H29BF2N2O4/c1-28(16-8-9-19(21(26)14-16)18-6-2-3-7-20(18)25)17-12-15(13-17)23(27,22(29)30)10-4-5-11-24(31)32/h2-3,6-9,14-15,17,31-32H,4-5,10-13,27H2,1H3,(H,29,30)/t15-,17-,23-/m0/s1. The minimum absolute atomic E-state index is 0.0141. The Labute approximate surface area is 186 Å². The van der Waals surface area contributed by atoms with Crippen LogP contribution in [0, 0.1) is 17.6 Å². The van der Waals surface area contributed by atoms with Crippen LogP contribution in [0.3, 0.4) is 0 Å². The predicted molar refractivity (Wildman–Crippen MR) is 120 cm³/mol. The quantitative estimate of drug-likeness (QED) is 0.330. The highest BCUT2D eigenvalue weighted by Gasteiger charge is 2.49. The number of rotatable bonds is 10. The van der Waals surface area contributed by atoms with E-state index in [4.69, 9.17) is 15.8 Å². The molecule has 0 bridgehead atoms. The number of unbranched alkanes of at least 4 members (excludes halogenated alkanes) is 1. The summed E-state index contributed by atoms with van der Waals surface area (Å²) in [5, 5.41) is 27.6. The molecule has 0 amide bonds. The topological polar surface area (TPSA) is 107 Å². The highest BCUT2D eigenvalue weighted by Crippen LogP contribution is 2.42. The van der Waals surface area contributed by atoms with Gasteiger partial charge in [-0.25, -0.2) is 8.78 Å². The van der Waals surface area contributed by atoms with E-state index in [0.717, 1.165) is 0 Å². The molecule has 1 saturated carbocycles. The summed E-state index contributed by atoms with van der Waals surface area (Å²) in [5.74, 6) is -2.31. The van der Waals surface area contributed by atoms with Crippen molar-refractivity contribution in [3.05, 3.63) is 54.1 Å². The first kappa shape index (κ1) is 24.2. The lowest BCUT2D eigenvalue weighted by atomic mass is 9.65. The van der Waals surface area contributed by atoms with Crippen LogP contribution in [0.5, 0.6) is 0 Å². The Morgan fingerprint density at radius 3 is 2.38 bits per heavy atom. The molecular weight excluding hydrogens is 417 g/mol. The van der Waals surface area contributed by atoms with Gasteiger partial charge in [-0.1, -0.05) is 31.0 Å². The molecule has 2 aromatic carbocycles. The van der Waals surface area contributed by atoms with Gasteiger partial charge >= 0.3 is 13.1 Å². The molecule has 6 nitrogen and oxygen atoms in total. The van der Waals surface area contributed by atoms with E-state index in [9.17, 15) is 18.7 Å². The van der Waals surface area contributed by atoms with Gasteiger partial charge in [0.1, 0.15) is 17.2 Å². The van der Waals surface area contributed by atoms with Gasteiger partial charge in [0.15, 0.2) is 0 Å². The number of nitrogens with zero attached hydrogens (tertiary/aromatic N) is 1. The Balaban J connectivity index is 1.64. The van der Waals surface area contributed by atoms with Crippen LogP contribution in [-0.2, 0) is 4.79 Å². The van der Waals surface area contributed by atoms with E-state index in [1.54, 1.807) is 24.3 Å². The third-order valence-electron chi connectivity index (χ3n) is 6.61. The largest absolute Gasteiger partial charge is 0.480 e. The Morgan fingerprint density at radius 2 is 1.78 bits per heavy atom. The summed E-state index contributed by atoms with van der Waals surface area (Å²) in [6.45, 7) is 0. The van der Waals surface area contributed by atoms with Gasteiger partial charge in [-0.2, -0.15) is 0 Å². The summed E-state index contributed by atoms with van der Waals surface area (Å²) in [4.78, 5) is 13.8. The third kappa shape index (κ3) is 5.11. The second kappa shape index (κ2) is 9.98. The normalized spacial score (nSPS) is 19.7. The van der Waals surface area contributed by atoms with Gasteiger partial charge in [0, 0.05) is 29.9 Å². The van der Waals surface area contributed by atoms with Gasteiger partial charge in [-0.15, -0.1) is 0 Å². The minimum Gasteiger partial charge on any atom is -0.480 e. The molecule has 1 atom stereocenters. The number of halogens is 2. The molecule has 172 valence electrons. The van der Waals surface area contributed by atoms with E-state index >= 15 is 0 Å². The number of hydrogen-bond donors (Lipinski definition) is 4. The van der Waals surface area contributed by atoms with Crippen LogP contribution >= 0.6 is 0 Å². The third-order valence-corrected chi connectivity index (χ3v) is 6.61. The molecular formula is C23H29BF2N2O4. The van der Waals surface area contributed by atoms with E-state index in [1.807, 2.05) is 11.9 Å². The first-order valence-corrected chi connectivity index (χ1v) is 10.8. The van der Waals surface area contributed by atoms with Crippen molar-refractivity contribution in [2.75, 3.05) is 11.9 Å². The SMILES string of the molecule is CN(c1ccc(-c2ccccc2F)c(F)c1)[C@H]1C[C@H]([C@@](N)(CCCCB(O)O)C(=O)O)C1. The van der Waals surface area contributed by atoms with Gasteiger partial charge in [0.05, 0.1) is 0 Å². The predicted octanol–water partition coefficient (Wildman–Crippen LogP) is 3.27. The Kier molecular flexibility index (Phi) is 7.53. The molecule has 3 rings (SSSR count). The molecule has 9 heteroatoms. The summed E-state index contributed by atoms with van der Waals surface area (Å²) in [6, 6.07) is 10.7. The lowest BCUT2D eigenvalue weighted by Crippen LogP contribution is -2.61. The van der Waals surface area contributed by atoms with Gasteiger partial charge in [-0.05, 0) is 55.8 Å². The van der Waals surface area contributed by atoms with E-state index < -0.39 is 30.3 Å². The summed E-state index contributed by atoms with van der Waals surface area (Å²) < 4.78 is 28.8. The van der Waals surface area contributed by atoms with E-state index in [2.05, 4.69) is 0 Å². The Bertz CT molecular complexity index is 955. The molecule has 0 aliphatic heterocycles. The van der Waals surface area contributed by atoms with E-state index in [0.29, 0.717) is 31.4 Å². The molecule has 1 aliphatic carbocycles. The van der Waals surface area contributed by atoms with Gasteiger partial charge in [0.25, 0.3) is 0 Å². The summed E-state index contributed by atoms with van der Waals surface area (Å²) >= 11 is 0. The van der Waals surface area contributed by atoms with Gasteiger partial charge in [-0.3, -0.25) is 4.79 Å². The molecule has 0 spiro atoms. The average molecular weight is 446 g/mol. The maximum Gasteiger partial charge on any atom is 0.451 e. The number of anilines is 1. The molecule has 0 radical (unpaired) electrons. The Hall–Kier alpha value is -2.49. The highest BCUT2D eigenvalue weighted by atomic mass is 19.1. The molecule has 2 aromatic rings. The van der Waals surface area contributed by atoms with Crippen molar-refractivity contribution in [2.45, 2.75) is 50.0 Å². The maximum absolute atomic E-state index is 14.7. The monoisotopic (exact) mass is 446 g/mol. The van der Waals surface area contributed by atoms with Gasteiger partial charge < -0.3 is 25.8 Å². The molecule has 1 aliphatic rings. The summed E-state index contributed by atoms with van der Waals surface area (Å²) in [7, 11) is 0.416. The maximum atomic E-state index is 14.7. The number of hydrogen-bond acceptors (Lipinski definition) is 5.